The van der Waals surface area contributed by atoms with Crippen LogP contribution in [0, 0.1) is 0 Å². The van der Waals surface area contributed by atoms with E-state index in [0.717, 1.165) is 37.0 Å². The van der Waals surface area contributed by atoms with Gasteiger partial charge in [0.15, 0.2) is 6.61 Å². The van der Waals surface area contributed by atoms with Gasteiger partial charge in [0.05, 0.1) is 11.3 Å². The second-order valence-corrected chi connectivity index (χ2v) is 9.07. The fraction of sp³-hybridized carbons (Fsp3) is 0.333. The third-order valence-corrected chi connectivity index (χ3v) is 6.97. The minimum atomic E-state index is -3.79. The number of rotatable bonds is 7. The van der Waals surface area contributed by atoms with Crippen molar-refractivity contribution in [2.75, 3.05) is 11.3 Å². The Morgan fingerprint density at radius 2 is 1.85 bits per heavy atom. The summed E-state index contributed by atoms with van der Waals surface area (Å²) in [6.07, 6.45) is 4.05. The minimum absolute atomic E-state index is 0.0475. The molecule has 9 heteroatoms. The lowest BCUT2D eigenvalue weighted by molar-refractivity contribution is -0.124. The van der Waals surface area contributed by atoms with Crippen molar-refractivity contribution in [3.8, 4) is 0 Å². The van der Waals surface area contributed by atoms with Gasteiger partial charge in [-0.15, -0.1) is 11.3 Å². The normalized spacial score (nSPS) is 14.7. The third kappa shape index (κ3) is 5.08. The second-order valence-electron chi connectivity index (χ2n) is 6.21. The number of carbonyl (C=O) groups is 2. The van der Waals surface area contributed by atoms with E-state index in [2.05, 4.69) is 10.0 Å². The van der Waals surface area contributed by atoms with E-state index in [0.29, 0.717) is 0 Å². The molecule has 0 radical (unpaired) electrons. The molecule has 1 amide bonds. The number of sulfonamides is 1. The number of ether oxygens (including phenoxy) is 1. The van der Waals surface area contributed by atoms with E-state index in [-0.39, 0.29) is 27.4 Å². The Kier molecular flexibility index (Phi) is 6.12. The van der Waals surface area contributed by atoms with Crippen LogP contribution in [0.25, 0.3) is 0 Å². The maximum atomic E-state index is 12.4. The highest BCUT2D eigenvalue weighted by Gasteiger charge is 2.21. The predicted octanol–water partition coefficient (Wildman–Crippen LogP) is 2.76. The molecule has 1 aliphatic carbocycles. The Hall–Kier alpha value is -2.39. The molecule has 0 aliphatic heterocycles. The Morgan fingerprint density at radius 1 is 1.11 bits per heavy atom. The van der Waals surface area contributed by atoms with Crippen LogP contribution in [0.4, 0.5) is 5.69 Å². The molecule has 0 spiro atoms. The van der Waals surface area contributed by atoms with Crippen LogP contribution in [-0.2, 0) is 19.6 Å². The van der Waals surface area contributed by atoms with Crippen molar-refractivity contribution >= 4 is 38.9 Å². The molecule has 1 aliphatic rings. The first-order valence-corrected chi connectivity index (χ1v) is 10.9. The summed E-state index contributed by atoms with van der Waals surface area (Å²) < 4.78 is 32.4. The van der Waals surface area contributed by atoms with E-state index < -0.39 is 22.6 Å². The molecule has 1 heterocycles. The molecule has 2 N–H and O–H groups in total. The Bertz CT molecular complexity index is 904. The molecule has 1 aromatic heterocycles. The zero-order valence-electron chi connectivity index (χ0n) is 14.5. The van der Waals surface area contributed by atoms with Gasteiger partial charge in [0.25, 0.3) is 15.9 Å². The number of nitrogens with one attached hydrogen (secondary N) is 2. The highest BCUT2D eigenvalue weighted by Crippen LogP contribution is 2.23. The molecule has 1 aromatic carbocycles. The summed E-state index contributed by atoms with van der Waals surface area (Å²) in [4.78, 5) is 24.3. The van der Waals surface area contributed by atoms with E-state index in [9.17, 15) is 18.0 Å². The summed E-state index contributed by atoms with van der Waals surface area (Å²) in [5.41, 5.74) is 0.151. The molecule has 0 atom stereocenters. The zero-order valence-corrected chi connectivity index (χ0v) is 16.1. The van der Waals surface area contributed by atoms with Crippen LogP contribution in [0.3, 0.4) is 0 Å². The first-order chi connectivity index (χ1) is 13.0. The lowest BCUT2D eigenvalue weighted by Gasteiger charge is -2.13. The van der Waals surface area contributed by atoms with Crippen molar-refractivity contribution in [3.05, 3.63) is 47.3 Å². The summed E-state index contributed by atoms with van der Waals surface area (Å²) in [6, 6.07) is 9.36. The Balaban J connectivity index is 1.64. The van der Waals surface area contributed by atoms with Crippen molar-refractivity contribution in [2.24, 2.45) is 0 Å². The highest BCUT2D eigenvalue weighted by atomic mass is 32.2. The number of anilines is 1. The highest BCUT2D eigenvalue weighted by molar-refractivity contribution is 7.94. The summed E-state index contributed by atoms with van der Waals surface area (Å²) in [6.45, 7) is -0.401. The Morgan fingerprint density at radius 3 is 2.56 bits per heavy atom. The average molecular weight is 409 g/mol. The van der Waals surface area contributed by atoms with Gasteiger partial charge in [-0.2, -0.15) is 0 Å². The molecule has 7 nitrogen and oxygen atoms in total. The van der Waals surface area contributed by atoms with Crippen molar-refractivity contribution in [1.29, 1.82) is 0 Å². The minimum Gasteiger partial charge on any atom is -0.452 e. The molecule has 3 rings (SSSR count). The monoisotopic (exact) mass is 408 g/mol. The van der Waals surface area contributed by atoms with Crippen LogP contribution in [0.5, 0.6) is 0 Å². The smallest absolute Gasteiger partial charge is 0.340 e. The summed E-state index contributed by atoms with van der Waals surface area (Å²) in [5, 5.41) is 4.48. The zero-order chi connectivity index (χ0) is 19.3. The molecular weight excluding hydrogens is 388 g/mol. The number of thiophene rings is 1. The first kappa shape index (κ1) is 19.4. The van der Waals surface area contributed by atoms with Gasteiger partial charge in [0.2, 0.25) is 0 Å². The summed E-state index contributed by atoms with van der Waals surface area (Å²) >= 11 is 1.07. The van der Waals surface area contributed by atoms with Gasteiger partial charge < -0.3 is 10.1 Å². The molecule has 1 fully saturated rings. The quantitative estimate of drug-likeness (QED) is 0.686. The fourth-order valence-corrected chi connectivity index (χ4v) is 4.98. The maximum absolute atomic E-state index is 12.4. The van der Waals surface area contributed by atoms with Crippen LogP contribution in [0.15, 0.2) is 46.0 Å². The van der Waals surface area contributed by atoms with Crippen LogP contribution in [-0.4, -0.2) is 32.9 Å². The number of hydrogen-bond donors (Lipinski definition) is 2. The number of benzene rings is 1. The molecule has 2 aromatic rings. The van der Waals surface area contributed by atoms with Crippen LogP contribution < -0.4 is 10.0 Å². The lowest BCUT2D eigenvalue weighted by atomic mass is 10.2. The van der Waals surface area contributed by atoms with Gasteiger partial charge in [0.1, 0.15) is 4.21 Å². The average Bonchev–Trinajstić information content (AvgIpc) is 3.34. The van der Waals surface area contributed by atoms with Gasteiger partial charge >= 0.3 is 5.97 Å². The third-order valence-electron chi connectivity index (χ3n) is 4.21. The van der Waals surface area contributed by atoms with Gasteiger partial charge in [-0.05, 0) is 36.4 Å². The number of para-hydroxylation sites is 1. The molecule has 0 bridgehead atoms. The van der Waals surface area contributed by atoms with Crippen LogP contribution >= 0.6 is 11.3 Å². The topological polar surface area (TPSA) is 102 Å². The number of carbonyl (C=O) groups excluding carboxylic acids is 2. The van der Waals surface area contributed by atoms with Crippen molar-refractivity contribution in [3.63, 3.8) is 0 Å². The summed E-state index contributed by atoms with van der Waals surface area (Å²) in [5.74, 6) is -1.12. The predicted molar refractivity (Wildman–Crippen MR) is 102 cm³/mol. The van der Waals surface area contributed by atoms with Gasteiger partial charge in [-0.1, -0.05) is 31.0 Å². The van der Waals surface area contributed by atoms with Gasteiger partial charge in [-0.3, -0.25) is 9.52 Å². The van der Waals surface area contributed by atoms with E-state index in [1.54, 1.807) is 23.6 Å². The van der Waals surface area contributed by atoms with E-state index in [1.165, 1.54) is 18.2 Å². The molecule has 27 heavy (non-hydrogen) atoms. The van der Waals surface area contributed by atoms with E-state index >= 15 is 0 Å². The van der Waals surface area contributed by atoms with E-state index in [4.69, 9.17) is 4.74 Å². The lowest BCUT2D eigenvalue weighted by Crippen LogP contribution is -2.36. The standard InChI is InChI=1S/C18H20N2O5S2/c21-16(19-13-6-1-2-7-13)12-25-18(22)14-8-3-4-9-15(14)20-27(23,24)17-10-5-11-26-17/h3-5,8-11,13,20H,1-2,6-7,12H2,(H,19,21). The molecule has 0 saturated heterocycles. The molecular formula is C18H20N2O5S2. The van der Waals surface area contributed by atoms with Crippen molar-refractivity contribution in [2.45, 2.75) is 35.9 Å². The molecule has 144 valence electrons. The first-order valence-electron chi connectivity index (χ1n) is 8.57. The maximum Gasteiger partial charge on any atom is 0.340 e. The van der Waals surface area contributed by atoms with Crippen molar-refractivity contribution < 1.29 is 22.7 Å². The molecule has 1 saturated carbocycles. The SMILES string of the molecule is O=C(COC(=O)c1ccccc1NS(=O)(=O)c1cccs1)NC1CCCC1. The Labute approximate surface area is 161 Å². The van der Waals surface area contributed by atoms with Crippen molar-refractivity contribution in [1.82, 2.24) is 5.32 Å². The largest absolute Gasteiger partial charge is 0.452 e. The second kappa shape index (κ2) is 8.53. The summed E-state index contributed by atoms with van der Waals surface area (Å²) in [7, 11) is -3.79. The number of amides is 1. The van der Waals surface area contributed by atoms with Gasteiger partial charge in [-0.25, -0.2) is 13.2 Å². The van der Waals surface area contributed by atoms with Crippen LogP contribution in [0.2, 0.25) is 0 Å². The molecule has 0 unspecified atom stereocenters. The fourth-order valence-electron chi connectivity index (χ4n) is 2.91. The number of esters is 1. The number of hydrogen-bond acceptors (Lipinski definition) is 6. The van der Waals surface area contributed by atoms with E-state index in [1.807, 2.05) is 0 Å². The van der Waals surface area contributed by atoms with Gasteiger partial charge in [0, 0.05) is 6.04 Å². The van der Waals surface area contributed by atoms with Crippen LogP contribution in [0.1, 0.15) is 36.0 Å².